The molecule has 90 valence electrons. The van der Waals surface area contributed by atoms with Gasteiger partial charge in [-0.3, -0.25) is 4.79 Å². The van der Waals surface area contributed by atoms with Crippen molar-refractivity contribution in [1.29, 1.82) is 0 Å². The van der Waals surface area contributed by atoms with Crippen LogP contribution in [-0.2, 0) is 11.2 Å². The molecule has 0 spiro atoms. The highest BCUT2D eigenvalue weighted by molar-refractivity contribution is 5.85. The van der Waals surface area contributed by atoms with Gasteiger partial charge in [-0.25, -0.2) is 4.98 Å². The Morgan fingerprint density at radius 3 is 2.88 bits per heavy atom. The second-order valence-corrected chi connectivity index (χ2v) is 4.20. The summed E-state index contributed by atoms with van der Waals surface area (Å²) in [6.07, 6.45) is 4.21. The van der Waals surface area contributed by atoms with Gasteiger partial charge in [0, 0.05) is 25.4 Å². The van der Waals surface area contributed by atoms with Crippen LogP contribution in [0, 0.1) is 0 Å². The molecule has 1 amide bonds. The van der Waals surface area contributed by atoms with Crippen LogP contribution in [0.1, 0.15) is 26.6 Å². The molecule has 5 nitrogen and oxygen atoms in total. The van der Waals surface area contributed by atoms with Crippen molar-refractivity contribution < 1.29 is 4.79 Å². The van der Waals surface area contributed by atoms with Gasteiger partial charge < -0.3 is 15.6 Å². The fourth-order valence-corrected chi connectivity index (χ4v) is 1.47. The molecule has 1 rings (SSSR count). The number of nitrogens with zero attached hydrogens (tertiary/aromatic N) is 1. The van der Waals surface area contributed by atoms with Crippen LogP contribution in [0.4, 0.5) is 0 Å². The summed E-state index contributed by atoms with van der Waals surface area (Å²) in [6, 6.07) is 0. The zero-order chi connectivity index (χ0) is 12.0. The third kappa shape index (κ3) is 3.66. The van der Waals surface area contributed by atoms with Gasteiger partial charge in [-0.05, 0) is 20.4 Å². The molecule has 0 saturated carbocycles. The first kappa shape index (κ1) is 12.7. The Kier molecular flexibility index (Phi) is 4.49. The molecule has 0 aromatic carbocycles. The molecule has 0 atom stereocenters. The number of likely N-dealkylation sites (N-methyl/N-ethyl adjacent to an activating group) is 1. The first-order valence-corrected chi connectivity index (χ1v) is 5.58. The Morgan fingerprint density at radius 2 is 2.31 bits per heavy atom. The summed E-state index contributed by atoms with van der Waals surface area (Å²) in [6.45, 7) is 7.11. The van der Waals surface area contributed by atoms with E-state index in [0.29, 0.717) is 6.54 Å². The lowest BCUT2D eigenvalue weighted by Gasteiger charge is -2.24. The highest BCUT2D eigenvalue weighted by Gasteiger charge is 2.25. The van der Waals surface area contributed by atoms with Crippen molar-refractivity contribution in [3.05, 3.63) is 18.2 Å². The van der Waals surface area contributed by atoms with E-state index in [1.165, 1.54) is 0 Å². The number of carbonyl (C=O) groups is 1. The van der Waals surface area contributed by atoms with E-state index < -0.39 is 5.54 Å². The van der Waals surface area contributed by atoms with Gasteiger partial charge in [0.2, 0.25) is 5.91 Å². The second-order valence-electron chi connectivity index (χ2n) is 4.20. The number of amides is 1. The van der Waals surface area contributed by atoms with Gasteiger partial charge in [0.15, 0.2) is 0 Å². The van der Waals surface area contributed by atoms with Gasteiger partial charge in [0.25, 0.3) is 0 Å². The zero-order valence-corrected chi connectivity index (χ0v) is 10.1. The Labute approximate surface area is 96.0 Å². The zero-order valence-electron chi connectivity index (χ0n) is 10.1. The van der Waals surface area contributed by atoms with E-state index in [4.69, 9.17) is 0 Å². The molecule has 0 aliphatic rings. The summed E-state index contributed by atoms with van der Waals surface area (Å²) in [5.74, 6) is 0.905. The number of H-pyrrole nitrogens is 1. The maximum Gasteiger partial charge on any atom is 0.239 e. The molecule has 1 aromatic rings. The van der Waals surface area contributed by atoms with E-state index >= 15 is 0 Å². The van der Waals surface area contributed by atoms with Crippen molar-refractivity contribution in [1.82, 2.24) is 20.6 Å². The standard InChI is InChI=1S/C11H20N4O/c1-4-15-11(2,3)10(16)14-6-5-9-12-7-8-13-9/h7-8,15H,4-6H2,1-3H3,(H,12,13)(H,14,16). The Bertz CT molecular complexity index is 319. The molecule has 16 heavy (non-hydrogen) atoms. The first-order chi connectivity index (χ1) is 7.56. The van der Waals surface area contributed by atoms with Crippen molar-refractivity contribution in [2.24, 2.45) is 0 Å². The first-order valence-electron chi connectivity index (χ1n) is 5.58. The molecule has 3 N–H and O–H groups in total. The van der Waals surface area contributed by atoms with Crippen LogP contribution >= 0.6 is 0 Å². The largest absolute Gasteiger partial charge is 0.354 e. The molecule has 0 saturated heterocycles. The summed E-state index contributed by atoms with van der Waals surface area (Å²) in [5.41, 5.74) is -0.516. The number of aromatic nitrogens is 2. The highest BCUT2D eigenvalue weighted by atomic mass is 16.2. The van der Waals surface area contributed by atoms with Crippen LogP contribution in [0.3, 0.4) is 0 Å². The average molecular weight is 224 g/mol. The minimum absolute atomic E-state index is 0.0147. The quantitative estimate of drug-likeness (QED) is 0.657. The lowest BCUT2D eigenvalue weighted by molar-refractivity contribution is -0.126. The summed E-state index contributed by atoms with van der Waals surface area (Å²) in [4.78, 5) is 18.9. The molecular weight excluding hydrogens is 204 g/mol. The molecule has 0 bridgehead atoms. The predicted octanol–water partition coefficient (Wildman–Crippen LogP) is 0.457. The van der Waals surface area contributed by atoms with Gasteiger partial charge in [0.05, 0.1) is 5.54 Å². The third-order valence-corrected chi connectivity index (χ3v) is 2.39. The average Bonchev–Trinajstić information content (AvgIpc) is 2.70. The monoisotopic (exact) mass is 224 g/mol. The van der Waals surface area contributed by atoms with Crippen LogP contribution < -0.4 is 10.6 Å². The van der Waals surface area contributed by atoms with Gasteiger partial charge >= 0.3 is 0 Å². The number of hydrogen-bond acceptors (Lipinski definition) is 3. The van der Waals surface area contributed by atoms with Crippen LogP contribution in [-0.4, -0.2) is 34.5 Å². The summed E-state index contributed by atoms with van der Waals surface area (Å²) in [5, 5.41) is 6.01. The molecule has 1 aromatic heterocycles. The van der Waals surface area contributed by atoms with Crippen LogP contribution in [0.5, 0.6) is 0 Å². The van der Waals surface area contributed by atoms with E-state index in [1.807, 2.05) is 20.8 Å². The molecule has 0 radical (unpaired) electrons. The molecule has 0 unspecified atom stereocenters. The van der Waals surface area contributed by atoms with Gasteiger partial charge in [-0.2, -0.15) is 0 Å². The number of imidazole rings is 1. The Balaban J connectivity index is 2.30. The van der Waals surface area contributed by atoms with Crippen molar-refractivity contribution in [3.63, 3.8) is 0 Å². The van der Waals surface area contributed by atoms with E-state index in [2.05, 4.69) is 20.6 Å². The Hall–Kier alpha value is -1.36. The number of nitrogens with one attached hydrogen (secondary N) is 3. The minimum Gasteiger partial charge on any atom is -0.354 e. The maximum atomic E-state index is 11.8. The number of hydrogen-bond donors (Lipinski definition) is 3. The number of carbonyl (C=O) groups excluding carboxylic acids is 1. The molecule has 0 fully saturated rings. The van der Waals surface area contributed by atoms with Crippen LogP contribution in [0.2, 0.25) is 0 Å². The smallest absolute Gasteiger partial charge is 0.239 e. The van der Waals surface area contributed by atoms with Crippen molar-refractivity contribution in [2.45, 2.75) is 32.7 Å². The van der Waals surface area contributed by atoms with Crippen molar-refractivity contribution in [2.75, 3.05) is 13.1 Å². The lowest BCUT2D eigenvalue weighted by Crippen LogP contribution is -2.52. The number of rotatable bonds is 6. The predicted molar refractivity (Wildman–Crippen MR) is 63.1 cm³/mol. The van der Waals surface area contributed by atoms with Crippen molar-refractivity contribution >= 4 is 5.91 Å². The third-order valence-electron chi connectivity index (χ3n) is 2.39. The van der Waals surface area contributed by atoms with Crippen LogP contribution in [0.15, 0.2) is 12.4 Å². The van der Waals surface area contributed by atoms with Gasteiger partial charge in [-0.15, -0.1) is 0 Å². The van der Waals surface area contributed by atoms with Gasteiger partial charge in [0.1, 0.15) is 5.82 Å². The van der Waals surface area contributed by atoms with E-state index in [-0.39, 0.29) is 5.91 Å². The molecule has 0 aliphatic carbocycles. The maximum absolute atomic E-state index is 11.8. The summed E-state index contributed by atoms with van der Waals surface area (Å²) < 4.78 is 0. The minimum atomic E-state index is -0.516. The SMILES string of the molecule is CCNC(C)(C)C(=O)NCCc1ncc[nH]1. The second kappa shape index (κ2) is 5.65. The van der Waals surface area contributed by atoms with Gasteiger partial charge in [-0.1, -0.05) is 6.92 Å². The summed E-state index contributed by atoms with van der Waals surface area (Å²) in [7, 11) is 0. The van der Waals surface area contributed by atoms with E-state index in [1.54, 1.807) is 12.4 Å². The lowest BCUT2D eigenvalue weighted by atomic mass is 10.0. The molecule has 5 heteroatoms. The van der Waals surface area contributed by atoms with E-state index in [9.17, 15) is 4.79 Å². The fourth-order valence-electron chi connectivity index (χ4n) is 1.47. The Morgan fingerprint density at radius 1 is 1.56 bits per heavy atom. The normalized spacial score (nSPS) is 11.4. The number of aromatic amines is 1. The molecular formula is C11H20N4O. The summed E-state index contributed by atoms with van der Waals surface area (Å²) >= 11 is 0. The topological polar surface area (TPSA) is 69.8 Å². The van der Waals surface area contributed by atoms with Crippen LogP contribution in [0.25, 0.3) is 0 Å². The molecule has 0 aliphatic heterocycles. The van der Waals surface area contributed by atoms with Crippen molar-refractivity contribution in [3.8, 4) is 0 Å². The highest BCUT2D eigenvalue weighted by Crippen LogP contribution is 2.01. The molecule has 1 heterocycles. The van der Waals surface area contributed by atoms with E-state index in [0.717, 1.165) is 18.8 Å². The fraction of sp³-hybridized carbons (Fsp3) is 0.636.